The smallest absolute Gasteiger partial charge is 0.251 e. The van der Waals surface area contributed by atoms with Gasteiger partial charge in [0.05, 0.1) is 4.90 Å². The number of nitrogens with two attached hydrogens (primary N) is 1. The van der Waals surface area contributed by atoms with Gasteiger partial charge in [0.25, 0.3) is 5.91 Å². The van der Waals surface area contributed by atoms with Crippen LogP contribution in [-0.4, -0.2) is 26.9 Å². The fourth-order valence-corrected chi connectivity index (χ4v) is 3.60. The van der Waals surface area contributed by atoms with E-state index in [0.717, 1.165) is 5.56 Å². The molecule has 0 spiro atoms. The van der Waals surface area contributed by atoms with Gasteiger partial charge in [-0.05, 0) is 37.6 Å². The Balaban J connectivity index is 0.00000338. The molecule has 4 N–H and O–H groups in total. The SMILES string of the molecule is CC(C)NS(=O)(=O)c1cccc(C(=O)NCC(N)c2ccccc2)c1.Cl. The number of sulfonamides is 1. The Morgan fingerprint density at radius 1 is 1.08 bits per heavy atom. The van der Waals surface area contributed by atoms with Crippen molar-refractivity contribution in [2.24, 2.45) is 5.73 Å². The molecule has 0 aromatic heterocycles. The first-order valence-electron chi connectivity index (χ1n) is 8.00. The van der Waals surface area contributed by atoms with Crippen LogP contribution in [0.3, 0.4) is 0 Å². The summed E-state index contributed by atoms with van der Waals surface area (Å²) in [6.45, 7) is 3.72. The molecular weight excluding hydrogens is 374 g/mol. The summed E-state index contributed by atoms with van der Waals surface area (Å²) in [7, 11) is -3.64. The molecule has 0 aliphatic heterocycles. The van der Waals surface area contributed by atoms with E-state index in [0.29, 0.717) is 0 Å². The van der Waals surface area contributed by atoms with Crippen molar-refractivity contribution in [2.75, 3.05) is 6.54 Å². The predicted molar refractivity (Wildman–Crippen MR) is 105 cm³/mol. The maximum absolute atomic E-state index is 12.3. The molecule has 2 aromatic rings. The summed E-state index contributed by atoms with van der Waals surface area (Å²) in [4.78, 5) is 12.4. The maximum atomic E-state index is 12.3. The van der Waals surface area contributed by atoms with Gasteiger partial charge in [0.15, 0.2) is 0 Å². The van der Waals surface area contributed by atoms with E-state index in [1.54, 1.807) is 26.0 Å². The minimum absolute atomic E-state index is 0. The van der Waals surface area contributed by atoms with E-state index in [1.165, 1.54) is 12.1 Å². The molecule has 0 heterocycles. The molecule has 8 heteroatoms. The van der Waals surface area contributed by atoms with Gasteiger partial charge in [0, 0.05) is 24.2 Å². The summed E-state index contributed by atoms with van der Waals surface area (Å²) in [5.41, 5.74) is 7.24. The third kappa shape index (κ3) is 6.10. The van der Waals surface area contributed by atoms with Crippen molar-refractivity contribution >= 4 is 28.3 Å². The minimum atomic E-state index is -3.64. The number of rotatable bonds is 7. The number of hydrogen-bond acceptors (Lipinski definition) is 4. The lowest BCUT2D eigenvalue weighted by Gasteiger charge is -2.14. The van der Waals surface area contributed by atoms with Crippen molar-refractivity contribution in [3.05, 3.63) is 65.7 Å². The molecule has 1 atom stereocenters. The van der Waals surface area contributed by atoms with Crippen molar-refractivity contribution in [1.29, 1.82) is 0 Å². The van der Waals surface area contributed by atoms with Crippen LogP contribution in [0.15, 0.2) is 59.5 Å². The van der Waals surface area contributed by atoms with Crippen LogP contribution in [0.2, 0.25) is 0 Å². The Labute approximate surface area is 160 Å². The zero-order valence-corrected chi connectivity index (χ0v) is 16.3. The Kier molecular flexibility index (Phi) is 8.23. The highest BCUT2D eigenvalue weighted by molar-refractivity contribution is 7.89. The monoisotopic (exact) mass is 397 g/mol. The van der Waals surface area contributed by atoms with Gasteiger partial charge in [-0.3, -0.25) is 4.79 Å². The Morgan fingerprint density at radius 2 is 1.73 bits per heavy atom. The highest BCUT2D eigenvalue weighted by atomic mass is 35.5. The molecule has 0 saturated heterocycles. The molecule has 1 unspecified atom stereocenters. The summed E-state index contributed by atoms with van der Waals surface area (Å²) >= 11 is 0. The van der Waals surface area contributed by atoms with E-state index in [1.807, 2.05) is 30.3 Å². The van der Waals surface area contributed by atoms with Crippen molar-refractivity contribution in [3.8, 4) is 0 Å². The van der Waals surface area contributed by atoms with Crippen LogP contribution in [0.1, 0.15) is 35.8 Å². The first-order chi connectivity index (χ1) is 11.8. The summed E-state index contributed by atoms with van der Waals surface area (Å²) in [6, 6.07) is 14.8. The van der Waals surface area contributed by atoms with Gasteiger partial charge in [0.2, 0.25) is 10.0 Å². The van der Waals surface area contributed by atoms with Crippen LogP contribution in [0.25, 0.3) is 0 Å². The van der Waals surface area contributed by atoms with E-state index in [-0.39, 0.29) is 47.4 Å². The van der Waals surface area contributed by atoms with Gasteiger partial charge in [-0.25, -0.2) is 13.1 Å². The summed E-state index contributed by atoms with van der Waals surface area (Å²) < 4.78 is 26.9. The molecule has 2 rings (SSSR count). The molecule has 0 saturated carbocycles. The van der Waals surface area contributed by atoms with Crippen LogP contribution < -0.4 is 15.8 Å². The Bertz CT molecular complexity index is 827. The van der Waals surface area contributed by atoms with Gasteiger partial charge in [0.1, 0.15) is 0 Å². The number of carbonyl (C=O) groups excluding carboxylic acids is 1. The lowest BCUT2D eigenvalue weighted by atomic mass is 10.1. The molecule has 0 aliphatic rings. The summed E-state index contributed by atoms with van der Waals surface area (Å²) in [5, 5.41) is 2.74. The molecule has 0 radical (unpaired) electrons. The summed E-state index contributed by atoms with van der Waals surface area (Å²) in [6.07, 6.45) is 0. The predicted octanol–water partition coefficient (Wildman–Crippen LogP) is 2.22. The van der Waals surface area contributed by atoms with Crippen LogP contribution in [0.5, 0.6) is 0 Å². The summed E-state index contributed by atoms with van der Waals surface area (Å²) in [5.74, 6) is -0.368. The average molecular weight is 398 g/mol. The van der Waals surface area contributed by atoms with Gasteiger partial charge < -0.3 is 11.1 Å². The number of carbonyl (C=O) groups is 1. The second-order valence-corrected chi connectivity index (χ2v) is 7.75. The van der Waals surface area contributed by atoms with Crippen LogP contribution in [-0.2, 0) is 10.0 Å². The van der Waals surface area contributed by atoms with E-state index in [2.05, 4.69) is 10.0 Å². The second-order valence-electron chi connectivity index (χ2n) is 6.03. The standard InChI is InChI=1S/C18H23N3O3S.ClH/c1-13(2)21-25(23,24)16-10-6-9-15(11-16)18(22)20-12-17(19)14-7-4-3-5-8-14;/h3-11,13,17,21H,12,19H2,1-2H3,(H,20,22);1H. The van der Waals surface area contributed by atoms with Crippen LogP contribution in [0.4, 0.5) is 0 Å². The first kappa shape index (κ1) is 22.1. The lowest BCUT2D eigenvalue weighted by molar-refractivity contribution is 0.0951. The molecule has 0 aliphatic carbocycles. The molecule has 0 bridgehead atoms. The van der Waals surface area contributed by atoms with Crippen molar-refractivity contribution in [2.45, 2.75) is 30.8 Å². The van der Waals surface area contributed by atoms with E-state index in [9.17, 15) is 13.2 Å². The van der Waals surface area contributed by atoms with Gasteiger partial charge in [-0.1, -0.05) is 36.4 Å². The van der Waals surface area contributed by atoms with Gasteiger partial charge >= 0.3 is 0 Å². The molecule has 2 aromatic carbocycles. The van der Waals surface area contributed by atoms with Crippen LogP contribution >= 0.6 is 12.4 Å². The normalized spacial score (nSPS) is 12.3. The third-order valence-electron chi connectivity index (χ3n) is 3.51. The minimum Gasteiger partial charge on any atom is -0.350 e. The molecular formula is C18H24ClN3O3S. The number of hydrogen-bond donors (Lipinski definition) is 3. The lowest BCUT2D eigenvalue weighted by Crippen LogP contribution is -2.32. The van der Waals surface area contributed by atoms with Crippen LogP contribution in [0, 0.1) is 0 Å². The molecule has 142 valence electrons. The van der Waals surface area contributed by atoms with E-state index >= 15 is 0 Å². The highest BCUT2D eigenvalue weighted by Gasteiger charge is 2.17. The molecule has 6 nitrogen and oxygen atoms in total. The second kappa shape index (κ2) is 9.68. The zero-order valence-electron chi connectivity index (χ0n) is 14.7. The number of amides is 1. The third-order valence-corrected chi connectivity index (χ3v) is 5.16. The number of benzene rings is 2. The molecule has 26 heavy (non-hydrogen) atoms. The Morgan fingerprint density at radius 3 is 2.35 bits per heavy atom. The quantitative estimate of drug-likeness (QED) is 0.666. The van der Waals surface area contributed by atoms with Crippen molar-refractivity contribution in [3.63, 3.8) is 0 Å². The number of halogens is 1. The maximum Gasteiger partial charge on any atom is 0.251 e. The first-order valence-corrected chi connectivity index (χ1v) is 9.49. The molecule has 0 fully saturated rings. The average Bonchev–Trinajstić information content (AvgIpc) is 2.59. The zero-order chi connectivity index (χ0) is 18.4. The Hall–Kier alpha value is -1.93. The van der Waals surface area contributed by atoms with E-state index < -0.39 is 10.0 Å². The fraction of sp³-hybridized carbons (Fsp3) is 0.278. The largest absolute Gasteiger partial charge is 0.350 e. The van der Waals surface area contributed by atoms with Crippen molar-refractivity contribution in [1.82, 2.24) is 10.0 Å². The number of nitrogens with one attached hydrogen (secondary N) is 2. The molecule has 1 amide bonds. The topological polar surface area (TPSA) is 101 Å². The van der Waals surface area contributed by atoms with Crippen molar-refractivity contribution < 1.29 is 13.2 Å². The fourth-order valence-electron chi connectivity index (χ4n) is 2.31. The highest BCUT2D eigenvalue weighted by Crippen LogP contribution is 2.13. The van der Waals surface area contributed by atoms with Gasteiger partial charge in [-0.2, -0.15) is 0 Å². The van der Waals surface area contributed by atoms with E-state index in [4.69, 9.17) is 5.73 Å². The van der Waals surface area contributed by atoms with Gasteiger partial charge in [-0.15, -0.1) is 12.4 Å².